The van der Waals surface area contributed by atoms with Gasteiger partial charge in [0.1, 0.15) is 0 Å². The summed E-state index contributed by atoms with van der Waals surface area (Å²) in [7, 11) is 0. The normalized spacial score (nSPS) is 13.3. The third-order valence-electron chi connectivity index (χ3n) is 1.79. The summed E-state index contributed by atoms with van der Waals surface area (Å²) < 4.78 is 49.7. The molecule has 0 nitrogen and oxygen atoms in total. The minimum atomic E-state index is -4.09. The van der Waals surface area contributed by atoms with Crippen LogP contribution in [0.15, 0.2) is 0 Å². The molecule has 0 fully saturated rings. The summed E-state index contributed by atoms with van der Waals surface area (Å²) >= 11 is 4.89. The van der Waals surface area contributed by atoms with Crippen LogP contribution >= 0.6 is 31.9 Å². The number of alkyl halides is 6. The Kier molecular flexibility index (Phi) is 6.61. The second kappa shape index (κ2) is 6.30. The van der Waals surface area contributed by atoms with Crippen molar-refractivity contribution >= 4 is 31.9 Å². The van der Waals surface area contributed by atoms with Crippen LogP contribution in [0.25, 0.3) is 0 Å². The maximum absolute atomic E-state index is 12.6. The zero-order chi connectivity index (χ0) is 11.2. The fourth-order valence-corrected chi connectivity index (χ4v) is 1.53. The molecule has 0 aliphatic heterocycles. The fourth-order valence-electron chi connectivity index (χ4n) is 0.937. The lowest BCUT2D eigenvalue weighted by Gasteiger charge is -2.21. The summed E-state index contributed by atoms with van der Waals surface area (Å²) in [5.74, 6) is -3.94. The Bertz CT molecular complexity index is 156. The fraction of sp³-hybridized carbons (Fsp3) is 1.00. The first kappa shape index (κ1) is 14.7. The van der Waals surface area contributed by atoms with Crippen molar-refractivity contribution in [2.45, 2.75) is 42.9 Å². The van der Waals surface area contributed by atoms with E-state index in [1.54, 1.807) is 15.9 Å². The van der Waals surface area contributed by atoms with Crippen molar-refractivity contribution in [3.05, 3.63) is 0 Å². The van der Waals surface area contributed by atoms with Gasteiger partial charge in [0.25, 0.3) is 0 Å². The van der Waals surface area contributed by atoms with Crippen molar-refractivity contribution in [3.63, 3.8) is 0 Å². The minimum absolute atomic E-state index is 0.126. The van der Waals surface area contributed by atoms with E-state index in [9.17, 15) is 17.6 Å². The summed E-state index contributed by atoms with van der Waals surface area (Å²) in [4.78, 5) is -4.09. The van der Waals surface area contributed by atoms with E-state index in [1.807, 2.05) is 0 Å². The topological polar surface area (TPSA) is 0 Å². The highest BCUT2D eigenvalue weighted by atomic mass is 79.9. The quantitative estimate of drug-likeness (QED) is 0.348. The first-order chi connectivity index (χ1) is 6.31. The van der Waals surface area contributed by atoms with E-state index in [1.165, 1.54) is 0 Å². The molecule has 6 heteroatoms. The summed E-state index contributed by atoms with van der Waals surface area (Å²) in [5, 5.41) is 0.817. The highest BCUT2D eigenvalue weighted by Gasteiger charge is 2.53. The molecule has 0 spiro atoms. The Labute approximate surface area is 97.7 Å². The van der Waals surface area contributed by atoms with Gasteiger partial charge in [-0.3, -0.25) is 0 Å². The van der Waals surface area contributed by atoms with Gasteiger partial charge in [-0.2, -0.15) is 17.6 Å². The van der Waals surface area contributed by atoms with E-state index in [0.717, 1.165) is 18.2 Å². The third kappa shape index (κ3) is 5.53. The molecule has 0 aromatic heterocycles. The van der Waals surface area contributed by atoms with Crippen molar-refractivity contribution in [1.29, 1.82) is 0 Å². The number of halogens is 6. The molecule has 0 atom stereocenters. The van der Waals surface area contributed by atoms with Crippen LogP contribution in [-0.2, 0) is 0 Å². The Morgan fingerprint density at radius 1 is 0.857 bits per heavy atom. The molecule has 0 unspecified atom stereocenters. The van der Waals surface area contributed by atoms with E-state index in [0.29, 0.717) is 6.42 Å². The monoisotopic (exact) mass is 342 g/mol. The number of hydrogen-bond donors (Lipinski definition) is 0. The molecular weight excluding hydrogens is 332 g/mol. The molecule has 0 aliphatic rings. The Morgan fingerprint density at radius 2 is 1.36 bits per heavy atom. The number of unbranched alkanes of at least 4 members (excludes halogenated alkanes) is 3. The maximum Gasteiger partial charge on any atom is 0.363 e. The highest BCUT2D eigenvalue weighted by molar-refractivity contribution is 9.10. The van der Waals surface area contributed by atoms with Crippen molar-refractivity contribution in [3.8, 4) is 0 Å². The molecule has 0 amide bonds. The molecule has 0 rings (SSSR count). The highest BCUT2D eigenvalue weighted by Crippen LogP contribution is 2.42. The average molecular weight is 344 g/mol. The molecule has 0 bridgehead atoms. The van der Waals surface area contributed by atoms with Gasteiger partial charge in [0.15, 0.2) is 0 Å². The standard InChI is InChI=1S/C8H12Br2F4/c9-6-4-2-1-3-5-7(11,12)8(10,13)14/h1-6H2. The van der Waals surface area contributed by atoms with Gasteiger partial charge in [0.05, 0.1) is 0 Å². The molecule has 0 aromatic rings. The van der Waals surface area contributed by atoms with Crippen LogP contribution in [0.1, 0.15) is 32.1 Å². The molecule has 0 saturated heterocycles. The van der Waals surface area contributed by atoms with Crippen LogP contribution < -0.4 is 0 Å². The summed E-state index contributed by atoms with van der Waals surface area (Å²) in [6, 6.07) is 0. The maximum atomic E-state index is 12.6. The molecule has 0 radical (unpaired) electrons. The van der Waals surface area contributed by atoms with E-state index >= 15 is 0 Å². The van der Waals surface area contributed by atoms with Crippen LogP contribution in [0.5, 0.6) is 0 Å². The summed E-state index contributed by atoms with van der Waals surface area (Å²) in [5.41, 5.74) is 0. The average Bonchev–Trinajstić information content (AvgIpc) is 2.02. The van der Waals surface area contributed by atoms with E-state index in [-0.39, 0.29) is 6.42 Å². The minimum Gasteiger partial charge on any atom is -0.199 e. The first-order valence-corrected chi connectivity index (χ1v) is 6.23. The van der Waals surface area contributed by atoms with Crippen LogP contribution in [-0.4, -0.2) is 16.1 Å². The number of rotatable bonds is 7. The van der Waals surface area contributed by atoms with Gasteiger partial charge >= 0.3 is 10.8 Å². The second-order valence-corrected chi connectivity index (χ2v) is 4.84. The predicted octanol–water partition coefficient (Wildman–Crippen LogP) is 4.95. The first-order valence-electron chi connectivity index (χ1n) is 4.32. The largest absolute Gasteiger partial charge is 0.363 e. The predicted molar refractivity (Wildman–Crippen MR) is 55.7 cm³/mol. The van der Waals surface area contributed by atoms with Gasteiger partial charge in [-0.1, -0.05) is 28.8 Å². The smallest absolute Gasteiger partial charge is 0.199 e. The van der Waals surface area contributed by atoms with E-state index < -0.39 is 17.2 Å². The molecule has 0 aliphatic carbocycles. The Hall–Kier alpha value is 0.680. The van der Waals surface area contributed by atoms with Crippen molar-refractivity contribution in [2.24, 2.45) is 0 Å². The molecule has 14 heavy (non-hydrogen) atoms. The summed E-state index contributed by atoms with van der Waals surface area (Å²) in [6.07, 6.45) is 1.59. The van der Waals surface area contributed by atoms with Crippen molar-refractivity contribution in [2.75, 3.05) is 5.33 Å². The molecule has 0 saturated carbocycles. The lowest BCUT2D eigenvalue weighted by Crippen LogP contribution is -2.34. The second-order valence-electron chi connectivity index (χ2n) is 3.06. The molecule has 0 heterocycles. The van der Waals surface area contributed by atoms with Crippen LogP contribution in [0, 0.1) is 0 Å². The van der Waals surface area contributed by atoms with Gasteiger partial charge in [0, 0.05) is 11.8 Å². The van der Waals surface area contributed by atoms with E-state index in [2.05, 4.69) is 15.9 Å². The van der Waals surface area contributed by atoms with Crippen molar-refractivity contribution in [1.82, 2.24) is 0 Å². The van der Waals surface area contributed by atoms with E-state index in [4.69, 9.17) is 0 Å². The number of hydrogen-bond acceptors (Lipinski definition) is 0. The third-order valence-corrected chi connectivity index (χ3v) is 2.93. The zero-order valence-corrected chi connectivity index (χ0v) is 10.7. The molecule has 0 N–H and O–H groups in total. The Balaban J connectivity index is 3.67. The van der Waals surface area contributed by atoms with Crippen LogP contribution in [0.4, 0.5) is 17.6 Å². The Morgan fingerprint density at radius 3 is 1.79 bits per heavy atom. The van der Waals surface area contributed by atoms with Gasteiger partial charge < -0.3 is 0 Å². The zero-order valence-electron chi connectivity index (χ0n) is 7.51. The van der Waals surface area contributed by atoms with Crippen molar-refractivity contribution < 1.29 is 17.6 Å². The molecular formula is C8H12Br2F4. The lowest BCUT2D eigenvalue weighted by molar-refractivity contribution is -0.151. The van der Waals surface area contributed by atoms with Gasteiger partial charge in [-0.25, -0.2) is 0 Å². The van der Waals surface area contributed by atoms with Crippen LogP contribution in [0.3, 0.4) is 0 Å². The molecule has 86 valence electrons. The summed E-state index contributed by atoms with van der Waals surface area (Å²) in [6.45, 7) is 0. The van der Waals surface area contributed by atoms with Crippen LogP contribution in [0.2, 0.25) is 0 Å². The van der Waals surface area contributed by atoms with Gasteiger partial charge in [-0.15, -0.1) is 0 Å². The lowest BCUT2D eigenvalue weighted by atomic mass is 10.1. The molecule has 0 aromatic carbocycles. The van der Waals surface area contributed by atoms with Gasteiger partial charge in [0.2, 0.25) is 0 Å². The van der Waals surface area contributed by atoms with Gasteiger partial charge in [-0.05, 0) is 28.8 Å². The SMILES string of the molecule is FC(F)(Br)C(F)(F)CCCCCCBr.